The number of thioether (sulfide) groups is 1. The topological polar surface area (TPSA) is 88.1 Å². The second-order valence-corrected chi connectivity index (χ2v) is 10.5. The van der Waals surface area contributed by atoms with E-state index in [9.17, 15) is 5.26 Å². The van der Waals surface area contributed by atoms with Gasteiger partial charge in [-0.2, -0.15) is 5.26 Å². The molecule has 3 aliphatic rings. The van der Waals surface area contributed by atoms with Crippen LogP contribution in [-0.2, 0) is 24.4 Å². The number of hydrogen-bond acceptors (Lipinski definition) is 7. The lowest BCUT2D eigenvalue weighted by molar-refractivity contribution is 0.135. The second kappa shape index (κ2) is 8.51. The van der Waals surface area contributed by atoms with Gasteiger partial charge < -0.3 is 15.4 Å². The highest BCUT2D eigenvalue weighted by molar-refractivity contribution is 7.99. The zero-order chi connectivity index (χ0) is 24.3. The van der Waals surface area contributed by atoms with Gasteiger partial charge in [-0.1, -0.05) is 13.8 Å². The van der Waals surface area contributed by atoms with Crippen molar-refractivity contribution in [2.75, 3.05) is 23.7 Å². The van der Waals surface area contributed by atoms with Crippen LogP contribution in [0.5, 0.6) is 0 Å². The van der Waals surface area contributed by atoms with Crippen LogP contribution >= 0.6 is 11.8 Å². The minimum absolute atomic E-state index is 0.359. The molecule has 1 saturated heterocycles. The summed E-state index contributed by atoms with van der Waals surface area (Å²) in [4.78, 5) is 12.9. The predicted molar refractivity (Wildman–Crippen MR) is 136 cm³/mol. The van der Waals surface area contributed by atoms with Gasteiger partial charge in [-0.15, -0.1) is 11.8 Å². The Morgan fingerprint density at radius 3 is 2.83 bits per heavy atom. The first-order valence-corrected chi connectivity index (χ1v) is 13.0. The van der Waals surface area contributed by atoms with E-state index in [0.29, 0.717) is 59.7 Å². The van der Waals surface area contributed by atoms with E-state index in [1.165, 1.54) is 17.8 Å². The van der Waals surface area contributed by atoms with Gasteiger partial charge in [0.25, 0.3) is 0 Å². The van der Waals surface area contributed by atoms with Gasteiger partial charge in [0.1, 0.15) is 11.9 Å². The van der Waals surface area contributed by atoms with Gasteiger partial charge in [-0.3, -0.25) is 0 Å². The van der Waals surface area contributed by atoms with E-state index >= 15 is 4.39 Å². The smallest absolute Gasteiger partial charge is 0.225 e. The maximum Gasteiger partial charge on any atom is 0.225 e. The lowest BCUT2D eigenvalue weighted by atomic mass is 9.84. The first-order valence-electron chi connectivity index (χ1n) is 12.0. The molecule has 0 saturated carbocycles. The normalized spacial score (nSPS) is 19.3. The fraction of sp³-hybridized carbons (Fsp3) is 0.370. The molecule has 1 atom stereocenters. The van der Waals surface area contributed by atoms with Crippen molar-refractivity contribution >= 4 is 34.2 Å². The molecule has 0 spiro atoms. The van der Waals surface area contributed by atoms with Crippen molar-refractivity contribution in [3.63, 3.8) is 0 Å². The SMILES string of the molecule is CCc1c(-c2c(F)ccc3c2C(C#N)=C(N)CS3)c2c(c3cnc(N4CCC(C)C4)nc13)COC2. The van der Waals surface area contributed by atoms with Gasteiger partial charge in [-0.05, 0) is 53.1 Å². The third kappa shape index (κ3) is 3.40. The van der Waals surface area contributed by atoms with Gasteiger partial charge in [0, 0.05) is 52.1 Å². The molecule has 4 heterocycles. The van der Waals surface area contributed by atoms with Crippen molar-refractivity contribution < 1.29 is 9.13 Å². The molecular formula is C27H26FN5OS. The van der Waals surface area contributed by atoms with Gasteiger partial charge in [0.2, 0.25) is 5.95 Å². The Morgan fingerprint density at radius 2 is 2.09 bits per heavy atom. The van der Waals surface area contributed by atoms with Crippen molar-refractivity contribution in [3.8, 4) is 17.2 Å². The number of benzene rings is 2. The Kier molecular flexibility index (Phi) is 5.42. The van der Waals surface area contributed by atoms with Crippen LogP contribution in [0.15, 0.2) is 28.9 Å². The van der Waals surface area contributed by atoms with Crippen LogP contribution in [0, 0.1) is 23.1 Å². The molecule has 2 N–H and O–H groups in total. The van der Waals surface area contributed by atoms with Crippen LogP contribution in [0.4, 0.5) is 10.3 Å². The summed E-state index contributed by atoms with van der Waals surface area (Å²) in [6.45, 7) is 6.99. The maximum atomic E-state index is 15.8. The highest BCUT2D eigenvalue weighted by atomic mass is 32.2. The number of halogens is 1. The first-order chi connectivity index (χ1) is 17.0. The third-order valence-electron chi connectivity index (χ3n) is 7.34. The van der Waals surface area contributed by atoms with Crippen LogP contribution in [-0.4, -0.2) is 28.8 Å². The molecule has 0 amide bonds. The highest BCUT2D eigenvalue weighted by Crippen LogP contribution is 2.48. The predicted octanol–water partition coefficient (Wildman–Crippen LogP) is 5.17. The Bertz CT molecular complexity index is 1460. The van der Waals surface area contributed by atoms with Crippen LogP contribution in [0.25, 0.3) is 27.6 Å². The van der Waals surface area contributed by atoms with Crippen molar-refractivity contribution in [1.82, 2.24) is 9.97 Å². The largest absolute Gasteiger partial charge is 0.400 e. The number of ether oxygens (including phenoxy) is 1. The maximum absolute atomic E-state index is 15.8. The lowest BCUT2D eigenvalue weighted by Crippen LogP contribution is -2.21. The van der Waals surface area contributed by atoms with E-state index in [4.69, 9.17) is 20.4 Å². The van der Waals surface area contributed by atoms with Crippen molar-refractivity contribution in [3.05, 3.63) is 52.1 Å². The fourth-order valence-corrected chi connectivity index (χ4v) is 6.59. The molecule has 1 unspecified atom stereocenters. The van der Waals surface area contributed by atoms with Crippen molar-refractivity contribution in [1.29, 1.82) is 5.26 Å². The third-order valence-corrected chi connectivity index (χ3v) is 8.45. The van der Waals surface area contributed by atoms with E-state index in [-0.39, 0.29) is 5.82 Å². The molecule has 1 aromatic heterocycles. The average Bonchev–Trinajstić information content (AvgIpc) is 3.52. The molecule has 178 valence electrons. The summed E-state index contributed by atoms with van der Waals surface area (Å²) in [7, 11) is 0. The lowest BCUT2D eigenvalue weighted by Gasteiger charge is -2.24. The Morgan fingerprint density at radius 1 is 1.26 bits per heavy atom. The minimum Gasteiger partial charge on any atom is -0.400 e. The number of aryl methyl sites for hydroxylation is 1. The Hall–Kier alpha value is -3.15. The quantitative estimate of drug-likeness (QED) is 0.545. The summed E-state index contributed by atoms with van der Waals surface area (Å²) >= 11 is 1.54. The van der Waals surface area contributed by atoms with Crippen LogP contribution < -0.4 is 10.6 Å². The minimum atomic E-state index is -0.363. The first kappa shape index (κ1) is 22.3. The van der Waals surface area contributed by atoms with E-state index in [2.05, 4.69) is 24.8 Å². The molecule has 35 heavy (non-hydrogen) atoms. The van der Waals surface area contributed by atoms with Gasteiger partial charge in [-0.25, -0.2) is 14.4 Å². The molecule has 3 aliphatic heterocycles. The van der Waals surface area contributed by atoms with Crippen LogP contribution in [0.3, 0.4) is 0 Å². The van der Waals surface area contributed by atoms with Crippen molar-refractivity contribution in [2.45, 2.75) is 44.8 Å². The van der Waals surface area contributed by atoms with E-state index < -0.39 is 0 Å². The summed E-state index contributed by atoms with van der Waals surface area (Å²) < 4.78 is 21.7. The fourth-order valence-electron chi connectivity index (χ4n) is 5.62. The molecule has 0 aliphatic carbocycles. The van der Waals surface area contributed by atoms with Crippen molar-refractivity contribution in [2.24, 2.45) is 11.7 Å². The van der Waals surface area contributed by atoms with Gasteiger partial charge in [0.15, 0.2) is 0 Å². The van der Waals surface area contributed by atoms with Crippen LogP contribution in [0.1, 0.15) is 42.5 Å². The number of allylic oxidation sites excluding steroid dienone is 1. The molecule has 1 fully saturated rings. The number of rotatable bonds is 3. The molecule has 2 aromatic carbocycles. The Balaban J connectivity index is 1.68. The summed E-state index contributed by atoms with van der Waals surface area (Å²) in [6, 6.07) is 5.50. The molecule has 0 radical (unpaired) electrons. The summed E-state index contributed by atoms with van der Waals surface area (Å²) in [5, 5.41) is 10.9. The number of aromatic nitrogens is 2. The molecular weight excluding hydrogens is 461 g/mol. The number of nitriles is 1. The molecule has 6 nitrogen and oxygen atoms in total. The number of hydrogen-bond donors (Lipinski definition) is 1. The zero-order valence-corrected chi connectivity index (χ0v) is 20.6. The number of anilines is 1. The van der Waals surface area contributed by atoms with Gasteiger partial charge in [0.05, 0.1) is 24.3 Å². The van der Waals surface area contributed by atoms with E-state index in [1.807, 2.05) is 6.20 Å². The highest BCUT2D eigenvalue weighted by Gasteiger charge is 2.32. The zero-order valence-electron chi connectivity index (χ0n) is 19.8. The monoisotopic (exact) mass is 487 g/mol. The average molecular weight is 488 g/mol. The van der Waals surface area contributed by atoms with E-state index in [1.54, 1.807) is 6.07 Å². The number of nitrogens with zero attached hydrogens (tertiary/aromatic N) is 4. The Labute approximate surface area is 208 Å². The number of nitrogens with two attached hydrogens (primary N) is 1. The van der Waals surface area contributed by atoms with E-state index in [0.717, 1.165) is 57.6 Å². The van der Waals surface area contributed by atoms with Crippen LogP contribution in [0.2, 0.25) is 0 Å². The molecule has 8 heteroatoms. The second-order valence-electron chi connectivity index (χ2n) is 9.53. The molecule has 0 bridgehead atoms. The molecule has 6 rings (SSSR count). The van der Waals surface area contributed by atoms with Gasteiger partial charge >= 0.3 is 0 Å². The summed E-state index contributed by atoms with van der Waals surface area (Å²) in [6.07, 6.45) is 3.68. The molecule has 3 aromatic rings. The summed E-state index contributed by atoms with van der Waals surface area (Å²) in [5.41, 5.74) is 12.7. The summed E-state index contributed by atoms with van der Waals surface area (Å²) in [5.74, 6) is 1.48. The standard InChI is InChI=1S/C27H26FN5OS/c1-3-15-23(25-20(28)4-5-22-24(25)16(8-29)21(30)13-35-22)19-12-34-11-18(19)17-9-31-27(32-26(15)17)33-7-6-14(2)10-33/h4-5,9,14H,3,6-7,10-13,30H2,1-2H3. The number of fused-ring (bicyclic) bond motifs is 4.